The molecule has 3 aromatic rings. The second-order valence-corrected chi connectivity index (χ2v) is 7.31. The van der Waals surface area contributed by atoms with Crippen molar-refractivity contribution in [1.82, 2.24) is 5.06 Å². The van der Waals surface area contributed by atoms with E-state index in [1.807, 2.05) is 0 Å². The number of fused-ring (bicyclic) bond motifs is 1. The first-order valence-corrected chi connectivity index (χ1v) is 9.99. The standard InChI is InChI=1S/C24H19F3N2O4/c1-28-19-12-5-6-13-21(19)32-15-20(23(28)31)29(22(30)16-8-3-2-4-9-16)33-18-11-7-10-17(14-18)24(25,26)27/h2-14,20H,15H2,1H3/t20-/m0/s1. The van der Waals surface area contributed by atoms with Gasteiger partial charge in [-0.15, -0.1) is 0 Å². The summed E-state index contributed by atoms with van der Waals surface area (Å²) in [6.45, 7) is -0.252. The van der Waals surface area contributed by atoms with E-state index in [9.17, 15) is 22.8 Å². The zero-order chi connectivity index (χ0) is 23.6. The highest BCUT2D eigenvalue weighted by molar-refractivity contribution is 6.03. The Morgan fingerprint density at radius 1 is 1.03 bits per heavy atom. The number of hydrogen-bond acceptors (Lipinski definition) is 4. The number of halogens is 3. The van der Waals surface area contributed by atoms with Crippen LogP contribution < -0.4 is 14.5 Å². The molecule has 4 rings (SSSR count). The van der Waals surface area contributed by atoms with E-state index >= 15 is 0 Å². The van der Waals surface area contributed by atoms with Crippen LogP contribution in [-0.2, 0) is 11.0 Å². The third-order valence-electron chi connectivity index (χ3n) is 5.11. The first-order chi connectivity index (χ1) is 15.8. The van der Waals surface area contributed by atoms with Gasteiger partial charge in [-0.3, -0.25) is 9.59 Å². The van der Waals surface area contributed by atoms with Crippen LogP contribution in [0.1, 0.15) is 15.9 Å². The van der Waals surface area contributed by atoms with Crippen molar-refractivity contribution in [2.75, 3.05) is 18.6 Å². The smallest absolute Gasteiger partial charge is 0.416 e. The number of benzene rings is 3. The van der Waals surface area contributed by atoms with Gasteiger partial charge in [-0.05, 0) is 42.5 Å². The first kappa shape index (κ1) is 22.2. The summed E-state index contributed by atoms with van der Waals surface area (Å²) in [4.78, 5) is 33.6. The fourth-order valence-electron chi connectivity index (χ4n) is 3.40. The number of amides is 2. The predicted molar refractivity (Wildman–Crippen MR) is 114 cm³/mol. The summed E-state index contributed by atoms with van der Waals surface area (Å²) in [6, 6.07) is 17.7. The Bertz CT molecular complexity index is 1170. The number of hydroxylamine groups is 2. The number of rotatable bonds is 4. The molecule has 2 amide bonds. The summed E-state index contributed by atoms with van der Waals surface area (Å²) >= 11 is 0. The van der Waals surface area contributed by atoms with Crippen molar-refractivity contribution in [1.29, 1.82) is 0 Å². The quantitative estimate of drug-likeness (QED) is 0.540. The average molecular weight is 456 g/mol. The number of likely N-dealkylation sites (N-methyl/N-ethyl adjacent to an activating group) is 1. The van der Waals surface area contributed by atoms with Crippen LogP contribution in [-0.4, -0.2) is 36.6 Å². The number of hydrogen-bond donors (Lipinski definition) is 0. The monoisotopic (exact) mass is 456 g/mol. The molecular weight excluding hydrogens is 437 g/mol. The molecule has 0 aromatic heterocycles. The van der Waals surface area contributed by atoms with Crippen LogP contribution in [0.4, 0.5) is 18.9 Å². The summed E-state index contributed by atoms with van der Waals surface area (Å²) in [5, 5.41) is 0.773. The molecule has 1 atom stereocenters. The van der Waals surface area contributed by atoms with Gasteiger partial charge in [-0.1, -0.05) is 36.4 Å². The topological polar surface area (TPSA) is 59.1 Å². The van der Waals surface area contributed by atoms with Gasteiger partial charge in [0.25, 0.3) is 11.8 Å². The second-order valence-electron chi connectivity index (χ2n) is 7.31. The van der Waals surface area contributed by atoms with E-state index in [1.165, 1.54) is 30.1 Å². The van der Waals surface area contributed by atoms with E-state index in [2.05, 4.69) is 0 Å². The summed E-state index contributed by atoms with van der Waals surface area (Å²) in [6.07, 6.45) is -4.60. The van der Waals surface area contributed by atoms with Gasteiger partial charge in [0.2, 0.25) is 0 Å². The third-order valence-corrected chi connectivity index (χ3v) is 5.11. The molecule has 9 heteroatoms. The zero-order valence-corrected chi connectivity index (χ0v) is 17.5. The van der Waals surface area contributed by atoms with Crippen LogP contribution in [0, 0.1) is 0 Å². The molecule has 0 unspecified atom stereocenters. The fraction of sp³-hybridized carbons (Fsp3) is 0.167. The van der Waals surface area contributed by atoms with Crippen LogP contribution in [0.25, 0.3) is 0 Å². The summed E-state index contributed by atoms with van der Waals surface area (Å²) in [5.74, 6) is -1.03. The largest absolute Gasteiger partial charge is 0.489 e. The molecule has 0 saturated carbocycles. The highest BCUT2D eigenvalue weighted by atomic mass is 19.4. The van der Waals surface area contributed by atoms with Gasteiger partial charge in [0.15, 0.2) is 11.8 Å². The first-order valence-electron chi connectivity index (χ1n) is 9.99. The second kappa shape index (κ2) is 8.85. The Hall–Kier alpha value is -4.01. The summed E-state index contributed by atoms with van der Waals surface area (Å²) in [5.41, 5.74) is -0.252. The molecule has 0 bridgehead atoms. The minimum absolute atomic E-state index is 0.196. The summed E-state index contributed by atoms with van der Waals surface area (Å²) in [7, 11) is 1.53. The molecule has 1 aliphatic rings. The van der Waals surface area contributed by atoms with E-state index in [0.717, 1.165) is 23.3 Å². The highest BCUT2D eigenvalue weighted by Crippen LogP contribution is 2.33. The van der Waals surface area contributed by atoms with Crippen LogP contribution in [0.3, 0.4) is 0 Å². The van der Waals surface area contributed by atoms with Gasteiger partial charge in [0.1, 0.15) is 12.4 Å². The number of para-hydroxylation sites is 2. The molecular formula is C24H19F3N2O4. The Morgan fingerprint density at radius 2 is 1.73 bits per heavy atom. The Kier molecular flexibility index (Phi) is 5.95. The van der Waals surface area contributed by atoms with Crippen molar-refractivity contribution in [2.24, 2.45) is 0 Å². The SMILES string of the molecule is CN1C(=O)[C@@H](N(Oc2cccc(C(F)(F)F)c2)C(=O)c2ccccc2)COc2ccccc21. The maximum atomic E-state index is 13.3. The Balaban J connectivity index is 1.72. The molecule has 1 aliphatic heterocycles. The van der Waals surface area contributed by atoms with Gasteiger partial charge >= 0.3 is 6.18 Å². The van der Waals surface area contributed by atoms with Crippen LogP contribution in [0.2, 0.25) is 0 Å². The van der Waals surface area contributed by atoms with Crippen molar-refractivity contribution in [3.8, 4) is 11.5 Å². The fourth-order valence-corrected chi connectivity index (χ4v) is 3.40. The molecule has 6 nitrogen and oxygen atoms in total. The van der Waals surface area contributed by atoms with Crippen molar-refractivity contribution in [2.45, 2.75) is 12.2 Å². The molecule has 33 heavy (non-hydrogen) atoms. The lowest BCUT2D eigenvalue weighted by Crippen LogP contribution is -2.53. The molecule has 3 aromatic carbocycles. The van der Waals surface area contributed by atoms with Crippen LogP contribution in [0.15, 0.2) is 78.9 Å². The number of ether oxygens (including phenoxy) is 1. The highest BCUT2D eigenvalue weighted by Gasteiger charge is 2.39. The molecule has 0 radical (unpaired) electrons. The normalized spacial score (nSPS) is 15.8. The van der Waals surface area contributed by atoms with Crippen molar-refractivity contribution in [3.63, 3.8) is 0 Å². The molecule has 0 saturated heterocycles. The molecule has 0 aliphatic carbocycles. The van der Waals surface area contributed by atoms with Gasteiger partial charge in [-0.25, -0.2) is 0 Å². The number of carbonyl (C=O) groups is 2. The number of anilines is 1. The van der Waals surface area contributed by atoms with Crippen LogP contribution >= 0.6 is 0 Å². The zero-order valence-electron chi connectivity index (χ0n) is 17.5. The van der Waals surface area contributed by atoms with Gasteiger partial charge in [-0.2, -0.15) is 18.2 Å². The number of alkyl halides is 3. The Morgan fingerprint density at radius 3 is 2.45 bits per heavy atom. The third kappa shape index (κ3) is 4.62. The lowest BCUT2D eigenvalue weighted by atomic mass is 10.1. The molecule has 170 valence electrons. The van der Waals surface area contributed by atoms with E-state index < -0.39 is 29.6 Å². The average Bonchev–Trinajstić information content (AvgIpc) is 2.94. The molecule has 0 fully saturated rings. The van der Waals surface area contributed by atoms with Gasteiger partial charge in [0.05, 0.1) is 11.3 Å². The van der Waals surface area contributed by atoms with Gasteiger partial charge < -0.3 is 14.5 Å². The molecule has 0 spiro atoms. The van der Waals surface area contributed by atoms with Crippen LogP contribution in [0.5, 0.6) is 11.5 Å². The van der Waals surface area contributed by atoms with Crippen molar-refractivity contribution < 1.29 is 32.3 Å². The number of carbonyl (C=O) groups excluding carboxylic acids is 2. The van der Waals surface area contributed by atoms with E-state index in [0.29, 0.717) is 11.4 Å². The minimum atomic E-state index is -4.60. The van der Waals surface area contributed by atoms with Crippen molar-refractivity contribution in [3.05, 3.63) is 90.0 Å². The minimum Gasteiger partial charge on any atom is -0.489 e. The molecule has 1 heterocycles. The summed E-state index contributed by atoms with van der Waals surface area (Å²) < 4.78 is 45.3. The lowest BCUT2D eigenvalue weighted by Gasteiger charge is -2.30. The number of nitrogens with zero attached hydrogens (tertiary/aromatic N) is 2. The predicted octanol–water partition coefficient (Wildman–Crippen LogP) is 4.57. The Labute approximate surface area is 187 Å². The van der Waals surface area contributed by atoms with Crippen molar-refractivity contribution >= 4 is 17.5 Å². The van der Waals surface area contributed by atoms with E-state index in [-0.39, 0.29) is 17.9 Å². The van der Waals surface area contributed by atoms with E-state index in [4.69, 9.17) is 9.57 Å². The lowest BCUT2D eigenvalue weighted by molar-refractivity contribution is -0.139. The van der Waals surface area contributed by atoms with Gasteiger partial charge in [0, 0.05) is 12.6 Å². The maximum Gasteiger partial charge on any atom is 0.416 e. The molecule has 0 N–H and O–H groups in total. The maximum absolute atomic E-state index is 13.3. The van der Waals surface area contributed by atoms with E-state index in [1.54, 1.807) is 42.5 Å².